The Morgan fingerprint density at radius 1 is 1.73 bits per heavy atom. The molecule has 2 atom stereocenters. The van der Waals surface area contributed by atoms with Gasteiger partial charge in [0, 0.05) is 19.0 Å². The highest BCUT2D eigenvalue weighted by Crippen LogP contribution is 2.33. The molecule has 0 saturated carbocycles. The number of hydrogen-bond acceptors (Lipinski definition) is 2. The second kappa shape index (κ2) is 1.97. The van der Waals surface area contributed by atoms with Crippen LogP contribution in [0.15, 0.2) is 0 Å². The molecule has 0 radical (unpaired) electrons. The molecular weight excluding hydrogens is 140 g/mol. The molecule has 3 heteroatoms. The van der Waals surface area contributed by atoms with Crippen molar-refractivity contribution in [3.8, 4) is 0 Å². The first-order chi connectivity index (χ1) is 5.13. The van der Waals surface area contributed by atoms with Gasteiger partial charge in [0.15, 0.2) is 0 Å². The molecule has 2 heterocycles. The molecule has 0 aliphatic carbocycles. The fourth-order valence-electron chi connectivity index (χ4n) is 2.23. The summed E-state index contributed by atoms with van der Waals surface area (Å²) in [5.74, 6) is 0.310. The quantitative estimate of drug-likeness (QED) is 0.545. The van der Waals surface area contributed by atoms with E-state index in [9.17, 15) is 4.79 Å². The van der Waals surface area contributed by atoms with Crippen LogP contribution in [0.2, 0.25) is 0 Å². The van der Waals surface area contributed by atoms with Crippen LogP contribution in [0.5, 0.6) is 0 Å². The Morgan fingerprint density at radius 3 is 3.09 bits per heavy atom. The molecule has 11 heavy (non-hydrogen) atoms. The van der Waals surface area contributed by atoms with Crippen LogP contribution in [-0.4, -0.2) is 29.1 Å². The lowest BCUT2D eigenvalue weighted by atomic mass is 10.1. The standard InChI is InChI=1S/C8H14N2O/c1-6-5-9-8(2)4-3-7(11)10(6)8/h6,9H,3-5H2,1-2H3/t6-,8+/m0/s1. The summed E-state index contributed by atoms with van der Waals surface area (Å²) in [6.45, 7) is 5.16. The highest BCUT2D eigenvalue weighted by atomic mass is 16.2. The lowest BCUT2D eigenvalue weighted by Crippen LogP contribution is -2.46. The molecule has 1 N–H and O–H groups in total. The van der Waals surface area contributed by atoms with E-state index < -0.39 is 0 Å². The monoisotopic (exact) mass is 154 g/mol. The molecule has 1 amide bonds. The average molecular weight is 154 g/mol. The lowest BCUT2D eigenvalue weighted by Gasteiger charge is -2.29. The van der Waals surface area contributed by atoms with E-state index in [1.54, 1.807) is 0 Å². The van der Waals surface area contributed by atoms with Gasteiger partial charge in [0.05, 0.1) is 5.66 Å². The van der Waals surface area contributed by atoms with Crippen LogP contribution in [0.25, 0.3) is 0 Å². The summed E-state index contributed by atoms with van der Waals surface area (Å²) in [7, 11) is 0. The SMILES string of the molecule is C[C@H]1CN[C@@]2(C)CCC(=O)N12. The summed E-state index contributed by atoms with van der Waals surface area (Å²) in [4.78, 5) is 13.4. The molecule has 0 aromatic rings. The maximum absolute atomic E-state index is 11.4. The van der Waals surface area contributed by atoms with Gasteiger partial charge in [-0.2, -0.15) is 0 Å². The molecule has 2 aliphatic rings. The Balaban J connectivity index is 2.30. The maximum atomic E-state index is 11.4. The number of carbonyl (C=O) groups excluding carboxylic acids is 1. The van der Waals surface area contributed by atoms with Gasteiger partial charge >= 0.3 is 0 Å². The first kappa shape index (κ1) is 7.10. The minimum Gasteiger partial charge on any atom is -0.321 e. The number of nitrogens with zero attached hydrogens (tertiary/aromatic N) is 1. The molecule has 2 aliphatic heterocycles. The van der Waals surface area contributed by atoms with Crippen molar-refractivity contribution in [1.82, 2.24) is 10.2 Å². The normalized spacial score (nSPS) is 43.3. The Labute approximate surface area is 66.8 Å². The highest BCUT2D eigenvalue weighted by Gasteiger charge is 2.47. The van der Waals surface area contributed by atoms with Gasteiger partial charge < -0.3 is 4.90 Å². The van der Waals surface area contributed by atoms with Crippen molar-refractivity contribution in [2.75, 3.05) is 6.54 Å². The largest absolute Gasteiger partial charge is 0.321 e. The molecule has 0 spiro atoms. The minimum absolute atomic E-state index is 0.0174. The fourth-order valence-corrected chi connectivity index (χ4v) is 2.23. The highest BCUT2D eigenvalue weighted by molar-refractivity contribution is 5.80. The van der Waals surface area contributed by atoms with Gasteiger partial charge in [0.2, 0.25) is 5.91 Å². The number of hydrogen-bond donors (Lipinski definition) is 1. The van der Waals surface area contributed by atoms with E-state index in [-0.39, 0.29) is 5.66 Å². The number of carbonyl (C=O) groups is 1. The summed E-state index contributed by atoms with van der Waals surface area (Å²) < 4.78 is 0. The van der Waals surface area contributed by atoms with Crippen molar-refractivity contribution in [3.63, 3.8) is 0 Å². The van der Waals surface area contributed by atoms with Crippen LogP contribution in [0.3, 0.4) is 0 Å². The maximum Gasteiger partial charge on any atom is 0.224 e. The molecular formula is C8H14N2O. The van der Waals surface area contributed by atoms with Crippen molar-refractivity contribution in [2.45, 2.75) is 38.4 Å². The first-order valence-electron chi connectivity index (χ1n) is 4.21. The molecule has 2 rings (SSSR count). The molecule has 2 saturated heterocycles. The third-order valence-electron chi connectivity index (χ3n) is 2.85. The molecule has 2 fully saturated rings. The Kier molecular flexibility index (Phi) is 1.27. The van der Waals surface area contributed by atoms with Gasteiger partial charge in [-0.3, -0.25) is 10.1 Å². The van der Waals surface area contributed by atoms with E-state index in [1.807, 2.05) is 4.90 Å². The zero-order valence-corrected chi connectivity index (χ0v) is 7.05. The van der Waals surface area contributed by atoms with Gasteiger partial charge in [-0.05, 0) is 20.3 Å². The van der Waals surface area contributed by atoms with E-state index in [2.05, 4.69) is 19.2 Å². The Hall–Kier alpha value is -0.570. The summed E-state index contributed by atoms with van der Waals surface area (Å²) in [6, 6.07) is 0.384. The van der Waals surface area contributed by atoms with Gasteiger partial charge in [-0.1, -0.05) is 0 Å². The van der Waals surface area contributed by atoms with Gasteiger partial charge in [0.25, 0.3) is 0 Å². The molecule has 62 valence electrons. The van der Waals surface area contributed by atoms with Crippen LogP contribution in [-0.2, 0) is 4.79 Å². The van der Waals surface area contributed by atoms with Crippen molar-refractivity contribution in [1.29, 1.82) is 0 Å². The van der Waals surface area contributed by atoms with Crippen molar-refractivity contribution in [3.05, 3.63) is 0 Å². The van der Waals surface area contributed by atoms with Crippen molar-refractivity contribution >= 4 is 5.91 Å². The van der Waals surface area contributed by atoms with Crippen LogP contribution < -0.4 is 5.32 Å². The first-order valence-corrected chi connectivity index (χ1v) is 4.21. The molecule has 0 bridgehead atoms. The van der Waals surface area contributed by atoms with Gasteiger partial charge in [-0.15, -0.1) is 0 Å². The molecule has 0 aromatic carbocycles. The van der Waals surface area contributed by atoms with Gasteiger partial charge in [-0.25, -0.2) is 0 Å². The number of amides is 1. The summed E-state index contributed by atoms with van der Waals surface area (Å²) in [6.07, 6.45) is 1.68. The molecule has 0 unspecified atom stereocenters. The smallest absolute Gasteiger partial charge is 0.224 e. The molecule has 0 aromatic heterocycles. The number of rotatable bonds is 0. The topological polar surface area (TPSA) is 32.3 Å². The van der Waals surface area contributed by atoms with E-state index in [4.69, 9.17) is 0 Å². The molecule has 3 nitrogen and oxygen atoms in total. The van der Waals surface area contributed by atoms with E-state index in [1.165, 1.54) is 0 Å². The third kappa shape index (κ3) is 0.805. The third-order valence-corrected chi connectivity index (χ3v) is 2.85. The average Bonchev–Trinajstić information content (AvgIpc) is 2.38. The van der Waals surface area contributed by atoms with Crippen molar-refractivity contribution in [2.24, 2.45) is 0 Å². The summed E-state index contributed by atoms with van der Waals surface area (Å²) >= 11 is 0. The number of fused-ring (bicyclic) bond motifs is 1. The second-order valence-electron chi connectivity index (χ2n) is 3.77. The van der Waals surface area contributed by atoms with Crippen LogP contribution in [0.1, 0.15) is 26.7 Å². The van der Waals surface area contributed by atoms with Crippen LogP contribution in [0, 0.1) is 0 Å². The van der Waals surface area contributed by atoms with Gasteiger partial charge in [0.1, 0.15) is 0 Å². The van der Waals surface area contributed by atoms with Crippen LogP contribution >= 0.6 is 0 Å². The second-order valence-corrected chi connectivity index (χ2v) is 3.77. The lowest BCUT2D eigenvalue weighted by molar-refractivity contribution is -0.131. The van der Waals surface area contributed by atoms with Crippen molar-refractivity contribution < 1.29 is 4.79 Å². The van der Waals surface area contributed by atoms with E-state index in [0.29, 0.717) is 18.4 Å². The summed E-state index contributed by atoms with van der Waals surface area (Å²) in [5, 5.41) is 3.38. The Bertz CT molecular complexity index is 204. The van der Waals surface area contributed by atoms with E-state index in [0.717, 1.165) is 13.0 Å². The predicted molar refractivity (Wildman–Crippen MR) is 41.9 cm³/mol. The fraction of sp³-hybridized carbons (Fsp3) is 0.875. The number of nitrogens with one attached hydrogen (secondary N) is 1. The summed E-state index contributed by atoms with van der Waals surface area (Å²) in [5.41, 5.74) is -0.0174. The zero-order valence-electron chi connectivity index (χ0n) is 7.05. The van der Waals surface area contributed by atoms with E-state index >= 15 is 0 Å². The Morgan fingerprint density at radius 2 is 2.45 bits per heavy atom. The van der Waals surface area contributed by atoms with Crippen LogP contribution in [0.4, 0.5) is 0 Å². The minimum atomic E-state index is -0.0174. The predicted octanol–water partition coefficient (Wildman–Crippen LogP) is 0.317. The zero-order chi connectivity index (χ0) is 8.06.